The first-order chi connectivity index (χ1) is 11.1. The van der Waals surface area contributed by atoms with Crippen molar-refractivity contribution < 1.29 is 9.53 Å². The molecule has 1 heterocycles. The van der Waals surface area contributed by atoms with Crippen molar-refractivity contribution in [2.24, 2.45) is 17.6 Å². The monoisotopic (exact) mass is 350 g/mol. The van der Waals surface area contributed by atoms with Gasteiger partial charge in [-0.1, -0.05) is 18.6 Å². The number of primary amides is 1. The number of carbonyl (C=O) groups excluding carboxylic acids is 1. The van der Waals surface area contributed by atoms with Crippen molar-refractivity contribution in [2.45, 2.75) is 43.7 Å². The van der Waals surface area contributed by atoms with Crippen molar-refractivity contribution >= 4 is 18.3 Å². The lowest BCUT2D eigenvalue weighted by Gasteiger charge is -2.55. The quantitative estimate of drug-likeness (QED) is 0.908. The fourth-order valence-corrected chi connectivity index (χ4v) is 5.04. The molecule has 0 spiro atoms. The summed E-state index contributed by atoms with van der Waals surface area (Å²) in [5.74, 6) is 0.645. The van der Waals surface area contributed by atoms with E-state index in [4.69, 9.17) is 10.5 Å². The number of amides is 1. The largest absolute Gasteiger partial charge is 0.373 e. The maximum atomic E-state index is 11.6. The van der Waals surface area contributed by atoms with Crippen molar-refractivity contribution in [3.8, 4) is 0 Å². The van der Waals surface area contributed by atoms with Crippen LogP contribution in [0, 0.1) is 11.8 Å². The van der Waals surface area contributed by atoms with Crippen LogP contribution in [-0.4, -0.2) is 37.0 Å². The van der Waals surface area contributed by atoms with Gasteiger partial charge in [0.1, 0.15) is 5.60 Å². The second-order valence-corrected chi connectivity index (χ2v) is 7.45. The predicted molar refractivity (Wildman–Crippen MR) is 96.3 cm³/mol. The van der Waals surface area contributed by atoms with Crippen molar-refractivity contribution in [2.75, 3.05) is 20.2 Å². The average Bonchev–Trinajstić information content (AvgIpc) is 3.38. The van der Waals surface area contributed by atoms with Crippen LogP contribution in [-0.2, 0) is 10.3 Å². The number of methoxy groups -OCH3 is 1. The summed E-state index contributed by atoms with van der Waals surface area (Å²) >= 11 is 0. The van der Waals surface area contributed by atoms with Crippen LogP contribution < -0.4 is 5.73 Å². The lowest BCUT2D eigenvalue weighted by molar-refractivity contribution is -0.170. The van der Waals surface area contributed by atoms with Crippen LogP contribution in [0.2, 0.25) is 0 Å². The Hall–Kier alpha value is -1.10. The molecule has 0 aromatic heterocycles. The molecule has 3 atom stereocenters. The highest BCUT2D eigenvalue weighted by molar-refractivity contribution is 5.92. The number of ether oxygens (including phenoxy) is 1. The number of hydrogen-bond acceptors (Lipinski definition) is 3. The Kier molecular flexibility index (Phi) is 4.92. The highest BCUT2D eigenvalue weighted by atomic mass is 35.5. The number of halogens is 1. The Balaban J connectivity index is 0.00000169. The molecular formula is C19H27ClN2O2. The zero-order chi connectivity index (χ0) is 16.0. The third-order valence-corrected chi connectivity index (χ3v) is 6.23. The van der Waals surface area contributed by atoms with Crippen molar-refractivity contribution in [1.82, 2.24) is 4.90 Å². The predicted octanol–water partition coefficient (Wildman–Crippen LogP) is 2.94. The fraction of sp³-hybridized carbons (Fsp3) is 0.632. The van der Waals surface area contributed by atoms with Crippen LogP contribution in [0.1, 0.15) is 48.0 Å². The summed E-state index contributed by atoms with van der Waals surface area (Å²) in [4.78, 5) is 14.3. The van der Waals surface area contributed by atoms with Gasteiger partial charge in [0.15, 0.2) is 0 Å². The maximum absolute atomic E-state index is 11.6. The molecule has 132 valence electrons. The van der Waals surface area contributed by atoms with Gasteiger partial charge in [0.25, 0.3) is 0 Å². The number of nitrogens with zero attached hydrogens (tertiary/aromatic N) is 1. The van der Waals surface area contributed by atoms with Gasteiger partial charge in [-0.25, -0.2) is 0 Å². The van der Waals surface area contributed by atoms with Gasteiger partial charge in [0, 0.05) is 43.6 Å². The normalized spacial score (nSPS) is 32.9. The molecule has 0 radical (unpaired) electrons. The molecule has 2 aliphatic carbocycles. The van der Waals surface area contributed by atoms with E-state index in [0.29, 0.717) is 17.4 Å². The van der Waals surface area contributed by atoms with E-state index in [1.165, 1.54) is 32.1 Å². The van der Waals surface area contributed by atoms with E-state index in [1.54, 1.807) is 6.07 Å². The first-order valence-corrected chi connectivity index (χ1v) is 8.84. The van der Waals surface area contributed by atoms with E-state index >= 15 is 0 Å². The van der Waals surface area contributed by atoms with Crippen LogP contribution in [0.3, 0.4) is 0 Å². The Morgan fingerprint density at radius 2 is 1.88 bits per heavy atom. The van der Waals surface area contributed by atoms with E-state index in [9.17, 15) is 4.79 Å². The molecule has 5 heteroatoms. The SMILES string of the molecule is COC1(c2cccc(C(N)=O)c2)[C@@H]2CCC[C@H]1CN(C1CC1)C2.Cl. The van der Waals surface area contributed by atoms with E-state index in [-0.39, 0.29) is 23.9 Å². The number of benzene rings is 1. The highest BCUT2D eigenvalue weighted by Crippen LogP contribution is 2.52. The van der Waals surface area contributed by atoms with E-state index in [2.05, 4.69) is 11.0 Å². The number of carbonyl (C=O) groups is 1. The summed E-state index contributed by atoms with van der Waals surface area (Å²) in [6, 6.07) is 8.63. The van der Waals surface area contributed by atoms with Crippen LogP contribution in [0.25, 0.3) is 0 Å². The van der Waals surface area contributed by atoms with Gasteiger partial charge in [-0.15, -0.1) is 12.4 Å². The average molecular weight is 351 g/mol. The minimum atomic E-state index is -0.362. The molecule has 2 N–H and O–H groups in total. The van der Waals surface area contributed by atoms with Gasteiger partial charge in [-0.2, -0.15) is 0 Å². The van der Waals surface area contributed by atoms with Gasteiger partial charge in [-0.05, 0) is 43.4 Å². The van der Waals surface area contributed by atoms with Crippen molar-refractivity contribution in [1.29, 1.82) is 0 Å². The number of piperidine rings is 1. The summed E-state index contributed by atoms with van der Waals surface area (Å²) < 4.78 is 6.24. The second-order valence-electron chi connectivity index (χ2n) is 7.45. The molecule has 4 rings (SSSR count). The summed E-state index contributed by atoms with van der Waals surface area (Å²) in [5, 5.41) is 0. The smallest absolute Gasteiger partial charge is 0.248 e. The fourth-order valence-electron chi connectivity index (χ4n) is 5.04. The molecule has 3 aliphatic rings. The van der Waals surface area contributed by atoms with Crippen LogP contribution >= 0.6 is 12.4 Å². The molecule has 4 nitrogen and oxygen atoms in total. The second kappa shape index (κ2) is 6.66. The van der Waals surface area contributed by atoms with E-state index < -0.39 is 0 Å². The number of fused-ring (bicyclic) bond motifs is 2. The standard InChI is InChI=1S/C19H26N2O2.ClH/c1-23-19(14-5-2-4-13(10-14)18(20)22)15-6-3-7-16(19)12-21(11-15)17-8-9-17;/h2,4-5,10,15-17H,3,6-9,11-12H2,1H3,(H2,20,22);1H/t15-,16+,19?;. The van der Waals surface area contributed by atoms with Gasteiger partial charge in [-0.3, -0.25) is 9.69 Å². The van der Waals surface area contributed by atoms with Crippen LogP contribution in [0.5, 0.6) is 0 Å². The van der Waals surface area contributed by atoms with Crippen LogP contribution in [0.15, 0.2) is 24.3 Å². The molecule has 1 aromatic rings. The molecule has 1 amide bonds. The van der Waals surface area contributed by atoms with Gasteiger partial charge in [0.2, 0.25) is 5.91 Å². The number of nitrogens with two attached hydrogens (primary N) is 1. The third kappa shape index (κ3) is 2.75. The Bertz CT molecular complexity index is 603. The Morgan fingerprint density at radius 1 is 1.21 bits per heavy atom. The summed E-state index contributed by atoms with van der Waals surface area (Å²) in [7, 11) is 1.84. The zero-order valence-corrected chi connectivity index (χ0v) is 15.1. The first-order valence-electron chi connectivity index (χ1n) is 8.84. The molecular weight excluding hydrogens is 324 g/mol. The molecule has 1 saturated heterocycles. The van der Waals surface area contributed by atoms with Gasteiger partial charge in [0.05, 0.1) is 0 Å². The minimum Gasteiger partial charge on any atom is -0.373 e. The molecule has 2 bridgehead atoms. The van der Waals surface area contributed by atoms with Crippen LogP contribution in [0.4, 0.5) is 0 Å². The first kappa shape index (κ1) is 17.7. The number of likely N-dealkylation sites (tertiary alicyclic amines) is 1. The summed E-state index contributed by atoms with van der Waals surface area (Å²) in [6.45, 7) is 2.24. The lowest BCUT2D eigenvalue weighted by Crippen LogP contribution is -2.59. The van der Waals surface area contributed by atoms with E-state index in [0.717, 1.165) is 24.7 Å². The molecule has 3 fully saturated rings. The summed E-state index contributed by atoms with van der Waals surface area (Å²) in [6.07, 6.45) is 6.41. The van der Waals surface area contributed by atoms with Crippen molar-refractivity contribution in [3.63, 3.8) is 0 Å². The third-order valence-electron chi connectivity index (χ3n) is 6.23. The number of rotatable bonds is 4. The van der Waals surface area contributed by atoms with Gasteiger partial charge < -0.3 is 10.5 Å². The highest BCUT2D eigenvalue weighted by Gasteiger charge is 2.54. The molecule has 24 heavy (non-hydrogen) atoms. The maximum Gasteiger partial charge on any atom is 0.248 e. The Morgan fingerprint density at radius 3 is 2.42 bits per heavy atom. The molecule has 1 aromatic carbocycles. The molecule has 1 unspecified atom stereocenters. The van der Waals surface area contributed by atoms with Crippen molar-refractivity contribution in [3.05, 3.63) is 35.4 Å². The number of hydrogen-bond donors (Lipinski definition) is 1. The molecule has 2 saturated carbocycles. The summed E-state index contributed by atoms with van der Waals surface area (Å²) in [5.41, 5.74) is 6.96. The lowest BCUT2D eigenvalue weighted by atomic mass is 9.62. The molecule has 1 aliphatic heterocycles. The topological polar surface area (TPSA) is 55.6 Å². The van der Waals surface area contributed by atoms with Gasteiger partial charge >= 0.3 is 0 Å². The Labute approximate surface area is 150 Å². The zero-order valence-electron chi connectivity index (χ0n) is 14.2. The van der Waals surface area contributed by atoms with E-state index in [1.807, 2.05) is 19.2 Å². The minimum absolute atomic E-state index is 0.